The fourth-order valence-electron chi connectivity index (χ4n) is 1.90. The summed E-state index contributed by atoms with van der Waals surface area (Å²) in [6.07, 6.45) is 0. The van der Waals surface area contributed by atoms with Crippen molar-refractivity contribution in [2.24, 2.45) is 0 Å². The summed E-state index contributed by atoms with van der Waals surface area (Å²) in [6, 6.07) is 7.54. The van der Waals surface area contributed by atoms with Crippen molar-refractivity contribution in [1.29, 1.82) is 0 Å². The van der Waals surface area contributed by atoms with Crippen LogP contribution in [0.15, 0.2) is 30.3 Å². The van der Waals surface area contributed by atoms with E-state index in [0.29, 0.717) is 5.69 Å². The first-order chi connectivity index (χ1) is 9.99. The number of rotatable bonds is 5. The third kappa shape index (κ3) is 3.35. The van der Waals surface area contributed by atoms with Crippen LogP contribution in [0, 0.1) is 0 Å². The van der Waals surface area contributed by atoms with E-state index in [4.69, 9.17) is 5.11 Å². The number of nitrogens with zero attached hydrogens (tertiary/aromatic N) is 2. The van der Waals surface area contributed by atoms with Crippen molar-refractivity contribution in [1.82, 2.24) is 10.2 Å². The molecule has 1 aromatic carbocycles. The molecule has 0 spiro atoms. The van der Waals surface area contributed by atoms with Crippen LogP contribution in [0.25, 0.3) is 0 Å². The van der Waals surface area contributed by atoms with Gasteiger partial charge in [0.05, 0.1) is 6.54 Å². The summed E-state index contributed by atoms with van der Waals surface area (Å²) in [5, 5.41) is 11.2. The van der Waals surface area contributed by atoms with Gasteiger partial charge in [0.15, 0.2) is 0 Å². The summed E-state index contributed by atoms with van der Waals surface area (Å²) in [5.41, 5.74) is 0.386. The van der Waals surface area contributed by atoms with Gasteiger partial charge in [-0.1, -0.05) is 18.2 Å². The summed E-state index contributed by atoms with van der Waals surface area (Å²) in [7, 11) is 0. The van der Waals surface area contributed by atoms with Crippen LogP contribution in [-0.4, -0.2) is 53.5 Å². The number of amides is 4. The number of nitrogens with one attached hydrogen (secondary N) is 1. The fourth-order valence-corrected chi connectivity index (χ4v) is 1.90. The second-order valence-corrected chi connectivity index (χ2v) is 4.35. The van der Waals surface area contributed by atoms with Gasteiger partial charge in [-0.3, -0.25) is 24.2 Å². The van der Waals surface area contributed by atoms with Crippen LogP contribution in [-0.2, 0) is 14.4 Å². The number of aliphatic carboxylic acids is 1. The molecule has 21 heavy (non-hydrogen) atoms. The van der Waals surface area contributed by atoms with Gasteiger partial charge in [0.25, 0.3) is 5.91 Å². The number of benzene rings is 1. The second-order valence-electron chi connectivity index (χ2n) is 4.35. The van der Waals surface area contributed by atoms with Crippen molar-refractivity contribution >= 4 is 29.5 Å². The zero-order valence-corrected chi connectivity index (χ0v) is 11.0. The lowest BCUT2D eigenvalue weighted by atomic mass is 10.2. The Kier molecular flexibility index (Phi) is 4.17. The van der Waals surface area contributed by atoms with Crippen LogP contribution >= 0.6 is 0 Å². The molecule has 0 unspecified atom stereocenters. The summed E-state index contributed by atoms with van der Waals surface area (Å²) < 4.78 is 0. The molecule has 0 aromatic heterocycles. The van der Waals surface area contributed by atoms with Crippen molar-refractivity contribution in [2.45, 2.75) is 0 Å². The zero-order valence-electron chi connectivity index (χ0n) is 11.0. The SMILES string of the molecule is O=C(O)CN(C(=O)CN1C(=O)CNC1=O)c1ccccc1. The third-order valence-electron chi connectivity index (χ3n) is 2.89. The van der Waals surface area contributed by atoms with Crippen LogP contribution in [0.4, 0.5) is 10.5 Å². The topological polar surface area (TPSA) is 107 Å². The number of urea groups is 1. The van der Waals surface area contributed by atoms with Gasteiger partial charge in [-0.25, -0.2) is 4.79 Å². The molecule has 0 saturated carbocycles. The Bertz CT molecular complexity index is 571. The maximum Gasteiger partial charge on any atom is 0.325 e. The normalized spacial score (nSPS) is 14.0. The highest BCUT2D eigenvalue weighted by Gasteiger charge is 2.32. The lowest BCUT2D eigenvalue weighted by Crippen LogP contribution is -2.45. The third-order valence-corrected chi connectivity index (χ3v) is 2.89. The Labute approximate surface area is 119 Å². The van der Waals surface area contributed by atoms with Crippen LogP contribution in [0.1, 0.15) is 0 Å². The largest absolute Gasteiger partial charge is 0.480 e. The second kappa shape index (κ2) is 6.04. The molecule has 0 radical (unpaired) electrons. The van der Waals surface area contributed by atoms with Crippen LogP contribution < -0.4 is 10.2 Å². The van der Waals surface area contributed by atoms with E-state index in [0.717, 1.165) is 9.80 Å². The molecule has 1 aromatic rings. The van der Waals surface area contributed by atoms with Crippen molar-refractivity contribution in [2.75, 3.05) is 24.5 Å². The van der Waals surface area contributed by atoms with Crippen molar-refractivity contribution in [3.8, 4) is 0 Å². The Morgan fingerprint density at radius 2 is 1.90 bits per heavy atom. The predicted octanol–water partition coefficient (Wildman–Crippen LogP) is -0.344. The molecule has 4 amide bonds. The molecular formula is C13H13N3O5. The van der Waals surface area contributed by atoms with Gasteiger partial charge in [-0.15, -0.1) is 0 Å². The van der Waals surface area contributed by atoms with E-state index >= 15 is 0 Å². The number of anilines is 1. The highest BCUT2D eigenvalue weighted by molar-refractivity contribution is 6.07. The number of hydrogen-bond acceptors (Lipinski definition) is 4. The number of hydrogen-bond donors (Lipinski definition) is 2. The molecule has 1 aliphatic heterocycles. The Morgan fingerprint density at radius 3 is 2.43 bits per heavy atom. The monoisotopic (exact) mass is 291 g/mol. The molecule has 8 heteroatoms. The molecule has 110 valence electrons. The first-order valence-corrected chi connectivity index (χ1v) is 6.14. The Morgan fingerprint density at radius 1 is 1.24 bits per heavy atom. The first kappa shape index (κ1) is 14.5. The average molecular weight is 291 g/mol. The highest BCUT2D eigenvalue weighted by Crippen LogP contribution is 2.14. The van der Waals surface area contributed by atoms with E-state index in [1.807, 2.05) is 0 Å². The molecule has 0 atom stereocenters. The average Bonchev–Trinajstić information content (AvgIpc) is 2.77. The van der Waals surface area contributed by atoms with Gasteiger partial charge >= 0.3 is 12.0 Å². The molecule has 0 aliphatic carbocycles. The van der Waals surface area contributed by atoms with Crippen molar-refractivity contribution in [3.05, 3.63) is 30.3 Å². The number of para-hydroxylation sites is 1. The Hall–Kier alpha value is -2.90. The number of carbonyl (C=O) groups is 4. The molecule has 0 bridgehead atoms. The minimum atomic E-state index is -1.19. The molecule has 1 aliphatic rings. The van der Waals surface area contributed by atoms with Crippen molar-refractivity contribution < 1.29 is 24.3 Å². The molecule has 8 nitrogen and oxygen atoms in total. The maximum atomic E-state index is 12.2. The summed E-state index contributed by atoms with van der Waals surface area (Å²) >= 11 is 0. The number of carboxylic acids is 1. The van der Waals surface area contributed by atoms with E-state index in [1.165, 1.54) is 0 Å². The molecular weight excluding hydrogens is 278 g/mol. The molecule has 2 rings (SSSR count). The van der Waals surface area contributed by atoms with Gasteiger partial charge < -0.3 is 10.4 Å². The quantitative estimate of drug-likeness (QED) is 0.721. The minimum absolute atomic E-state index is 0.156. The molecule has 1 fully saturated rings. The number of carboxylic acid groups (broad SMARTS) is 1. The molecule has 1 saturated heterocycles. The van der Waals surface area contributed by atoms with Crippen LogP contribution in [0.5, 0.6) is 0 Å². The number of carbonyl (C=O) groups excluding carboxylic acids is 3. The Balaban J connectivity index is 2.17. The summed E-state index contributed by atoms with van der Waals surface area (Å²) in [6.45, 7) is -1.20. The standard InChI is InChI=1S/C13H13N3O5/c17-10-6-14-13(21)16(10)7-11(18)15(8-12(19)20)9-4-2-1-3-5-9/h1-5H,6-8H2,(H,14,21)(H,19,20). The van der Waals surface area contributed by atoms with Crippen LogP contribution in [0.2, 0.25) is 0 Å². The fraction of sp³-hybridized carbons (Fsp3) is 0.231. The van der Waals surface area contributed by atoms with E-state index in [2.05, 4.69) is 5.32 Å². The molecule has 2 N–H and O–H groups in total. The predicted molar refractivity (Wildman–Crippen MR) is 71.5 cm³/mol. The van der Waals surface area contributed by atoms with E-state index in [9.17, 15) is 19.2 Å². The smallest absolute Gasteiger partial charge is 0.325 e. The van der Waals surface area contributed by atoms with Gasteiger partial charge in [-0.05, 0) is 12.1 Å². The van der Waals surface area contributed by atoms with E-state index in [-0.39, 0.29) is 6.54 Å². The number of imide groups is 1. The lowest BCUT2D eigenvalue weighted by molar-refractivity contribution is -0.136. The molecule has 1 heterocycles. The zero-order chi connectivity index (χ0) is 15.4. The van der Waals surface area contributed by atoms with Gasteiger partial charge in [-0.2, -0.15) is 0 Å². The van der Waals surface area contributed by atoms with E-state index < -0.39 is 36.9 Å². The van der Waals surface area contributed by atoms with Gasteiger partial charge in [0.2, 0.25) is 5.91 Å². The first-order valence-electron chi connectivity index (χ1n) is 6.14. The van der Waals surface area contributed by atoms with Crippen molar-refractivity contribution in [3.63, 3.8) is 0 Å². The van der Waals surface area contributed by atoms with Crippen LogP contribution in [0.3, 0.4) is 0 Å². The highest BCUT2D eigenvalue weighted by atomic mass is 16.4. The lowest BCUT2D eigenvalue weighted by Gasteiger charge is -2.22. The summed E-state index contributed by atoms with van der Waals surface area (Å²) in [4.78, 5) is 47.8. The van der Waals surface area contributed by atoms with Gasteiger partial charge in [0.1, 0.15) is 13.1 Å². The maximum absolute atomic E-state index is 12.2. The van der Waals surface area contributed by atoms with Gasteiger partial charge in [0, 0.05) is 5.69 Å². The minimum Gasteiger partial charge on any atom is -0.480 e. The summed E-state index contributed by atoms with van der Waals surface area (Å²) in [5.74, 6) is -2.35. The van der Waals surface area contributed by atoms with E-state index in [1.54, 1.807) is 30.3 Å².